The topological polar surface area (TPSA) is 75.6 Å². The van der Waals surface area contributed by atoms with Crippen molar-refractivity contribution < 1.29 is 0 Å². The van der Waals surface area contributed by atoms with Gasteiger partial charge in [-0.3, -0.25) is 0 Å². The zero-order valence-electron chi connectivity index (χ0n) is 10.2. The summed E-state index contributed by atoms with van der Waals surface area (Å²) in [6.45, 7) is 0. The Morgan fingerprint density at radius 3 is 2.58 bits per heavy atom. The van der Waals surface area contributed by atoms with Gasteiger partial charge in [0.05, 0.1) is 6.07 Å². The molecule has 98 valence electrons. The molecule has 0 spiro atoms. The van der Waals surface area contributed by atoms with Gasteiger partial charge in [-0.25, -0.2) is 0 Å². The standard InChI is InChI=1S/C12H12N4S3/c1-17-10-15-16-11(19-10)18-8-12(14,7-13)9-5-3-2-4-6-9/h2-6H,8,14H2,1H3. The summed E-state index contributed by atoms with van der Waals surface area (Å²) in [5.74, 6) is 0.455. The number of nitrogens with zero attached hydrogens (tertiary/aromatic N) is 3. The largest absolute Gasteiger partial charge is 0.309 e. The van der Waals surface area contributed by atoms with E-state index in [2.05, 4.69) is 16.3 Å². The zero-order chi connectivity index (χ0) is 13.7. The molecule has 0 bridgehead atoms. The quantitative estimate of drug-likeness (QED) is 0.856. The second-order valence-electron chi connectivity index (χ2n) is 3.78. The highest BCUT2D eigenvalue weighted by atomic mass is 32.2. The number of rotatable bonds is 5. The number of benzene rings is 1. The van der Waals surface area contributed by atoms with E-state index in [1.165, 1.54) is 23.1 Å². The third-order valence-electron chi connectivity index (χ3n) is 2.47. The van der Waals surface area contributed by atoms with Gasteiger partial charge in [0.25, 0.3) is 0 Å². The third kappa shape index (κ3) is 3.48. The fourth-order valence-electron chi connectivity index (χ4n) is 1.43. The highest BCUT2D eigenvalue weighted by Crippen LogP contribution is 2.31. The Hall–Kier alpha value is -1.07. The van der Waals surface area contributed by atoms with Crippen LogP contribution >= 0.6 is 34.9 Å². The average molecular weight is 308 g/mol. The summed E-state index contributed by atoms with van der Waals surface area (Å²) in [5.41, 5.74) is 5.99. The van der Waals surface area contributed by atoms with Crippen LogP contribution in [0.15, 0.2) is 39.0 Å². The molecule has 1 heterocycles. The molecule has 0 saturated carbocycles. The maximum absolute atomic E-state index is 9.34. The predicted octanol–water partition coefficient (Wildman–Crippen LogP) is 2.73. The molecule has 0 radical (unpaired) electrons. The van der Waals surface area contributed by atoms with E-state index in [0.717, 1.165) is 14.2 Å². The second-order valence-corrected chi connectivity index (χ2v) is 7.03. The number of hydrogen-bond donors (Lipinski definition) is 1. The van der Waals surface area contributed by atoms with E-state index in [-0.39, 0.29) is 0 Å². The third-order valence-corrected chi connectivity index (χ3v) is 5.70. The van der Waals surface area contributed by atoms with Gasteiger partial charge >= 0.3 is 0 Å². The van der Waals surface area contributed by atoms with Crippen molar-refractivity contribution in [1.82, 2.24) is 10.2 Å². The summed E-state index contributed by atoms with van der Waals surface area (Å²) in [7, 11) is 0. The van der Waals surface area contributed by atoms with E-state index in [4.69, 9.17) is 5.73 Å². The van der Waals surface area contributed by atoms with Gasteiger partial charge in [-0.1, -0.05) is 65.2 Å². The molecule has 1 unspecified atom stereocenters. The monoisotopic (exact) mass is 308 g/mol. The van der Waals surface area contributed by atoms with Crippen LogP contribution in [-0.2, 0) is 5.54 Å². The second kappa shape index (κ2) is 6.39. The molecular formula is C12H12N4S3. The number of nitrogens with two attached hydrogens (primary N) is 1. The molecule has 4 nitrogen and oxygen atoms in total. The van der Waals surface area contributed by atoms with Gasteiger partial charge in [-0.15, -0.1) is 10.2 Å². The Kier molecular flexibility index (Phi) is 4.82. The fourth-order valence-corrected chi connectivity index (χ4v) is 3.92. The minimum atomic E-state index is -1.00. The number of aromatic nitrogens is 2. The van der Waals surface area contributed by atoms with Gasteiger partial charge < -0.3 is 5.73 Å². The maximum atomic E-state index is 9.34. The van der Waals surface area contributed by atoms with Crippen molar-refractivity contribution in [2.75, 3.05) is 12.0 Å². The first-order chi connectivity index (χ1) is 9.18. The van der Waals surface area contributed by atoms with Crippen molar-refractivity contribution in [3.8, 4) is 6.07 Å². The molecule has 2 rings (SSSR count). The van der Waals surface area contributed by atoms with Crippen molar-refractivity contribution >= 4 is 34.9 Å². The normalized spacial score (nSPS) is 13.7. The highest BCUT2D eigenvalue weighted by molar-refractivity contribution is 8.03. The van der Waals surface area contributed by atoms with Gasteiger partial charge in [0.15, 0.2) is 8.68 Å². The SMILES string of the molecule is CSc1nnc(SCC(N)(C#N)c2ccccc2)s1. The van der Waals surface area contributed by atoms with Crippen LogP contribution in [0.5, 0.6) is 0 Å². The summed E-state index contributed by atoms with van der Waals surface area (Å²) < 4.78 is 1.76. The molecule has 1 atom stereocenters. The molecule has 1 aromatic heterocycles. The summed E-state index contributed by atoms with van der Waals surface area (Å²) in [4.78, 5) is 0. The average Bonchev–Trinajstić information content (AvgIpc) is 2.94. The zero-order valence-corrected chi connectivity index (χ0v) is 12.7. The van der Waals surface area contributed by atoms with Crippen molar-refractivity contribution in [1.29, 1.82) is 5.26 Å². The van der Waals surface area contributed by atoms with Crippen molar-refractivity contribution in [2.24, 2.45) is 5.73 Å². The fraction of sp³-hybridized carbons (Fsp3) is 0.250. The van der Waals surface area contributed by atoms with E-state index in [1.807, 2.05) is 36.6 Å². The van der Waals surface area contributed by atoms with Crippen molar-refractivity contribution in [2.45, 2.75) is 14.2 Å². The van der Waals surface area contributed by atoms with Crippen LogP contribution in [0.4, 0.5) is 0 Å². The molecule has 2 aromatic rings. The lowest BCUT2D eigenvalue weighted by Crippen LogP contribution is -2.37. The van der Waals surface area contributed by atoms with Crippen LogP contribution < -0.4 is 5.73 Å². The van der Waals surface area contributed by atoms with Crippen molar-refractivity contribution in [3.63, 3.8) is 0 Å². The van der Waals surface area contributed by atoms with Crippen molar-refractivity contribution in [3.05, 3.63) is 35.9 Å². The molecule has 0 aliphatic heterocycles. The van der Waals surface area contributed by atoms with Crippen LogP contribution in [0.1, 0.15) is 5.56 Å². The summed E-state index contributed by atoms with van der Waals surface area (Å²) >= 11 is 4.55. The molecule has 7 heteroatoms. The van der Waals surface area contributed by atoms with E-state index in [1.54, 1.807) is 11.8 Å². The number of thioether (sulfide) groups is 2. The van der Waals surface area contributed by atoms with Gasteiger partial charge in [-0.2, -0.15) is 5.26 Å². The van der Waals surface area contributed by atoms with Gasteiger partial charge in [0.1, 0.15) is 5.54 Å². The summed E-state index contributed by atoms with van der Waals surface area (Å²) in [6.07, 6.45) is 1.96. The molecular weight excluding hydrogens is 296 g/mol. The summed E-state index contributed by atoms with van der Waals surface area (Å²) in [6, 6.07) is 11.6. The van der Waals surface area contributed by atoms with E-state index < -0.39 is 5.54 Å². The summed E-state index contributed by atoms with van der Waals surface area (Å²) in [5, 5.41) is 17.4. The first kappa shape index (κ1) is 14.3. The molecule has 2 N–H and O–H groups in total. The van der Waals surface area contributed by atoms with E-state index in [0.29, 0.717) is 5.75 Å². The van der Waals surface area contributed by atoms with E-state index in [9.17, 15) is 5.26 Å². The smallest absolute Gasteiger partial charge is 0.175 e. The van der Waals surface area contributed by atoms with Crippen LogP contribution in [0.3, 0.4) is 0 Å². The van der Waals surface area contributed by atoms with Crippen LogP contribution in [0.2, 0.25) is 0 Å². The number of nitriles is 1. The molecule has 0 amide bonds. The first-order valence-electron chi connectivity index (χ1n) is 5.44. The Bertz CT molecular complexity index is 578. The van der Waals surface area contributed by atoms with Gasteiger partial charge in [-0.05, 0) is 11.8 Å². The first-order valence-corrected chi connectivity index (χ1v) is 8.46. The van der Waals surface area contributed by atoms with E-state index >= 15 is 0 Å². The number of hydrogen-bond acceptors (Lipinski definition) is 7. The lowest BCUT2D eigenvalue weighted by molar-refractivity contribution is 0.658. The Morgan fingerprint density at radius 2 is 2.00 bits per heavy atom. The minimum Gasteiger partial charge on any atom is -0.309 e. The molecule has 1 aromatic carbocycles. The molecule has 0 aliphatic carbocycles. The lowest BCUT2D eigenvalue weighted by Gasteiger charge is -2.20. The molecule has 19 heavy (non-hydrogen) atoms. The van der Waals surface area contributed by atoms with Crippen LogP contribution in [-0.4, -0.2) is 22.2 Å². The Labute approximate surface area is 124 Å². The van der Waals surface area contributed by atoms with Crippen LogP contribution in [0.25, 0.3) is 0 Å². The minimum absolute atomic E-state index is 0.455. The molecule has 0 fully saturated rings. The Morgan fingerprint density at radius 1 is 1.32 bits per heavy atom. The lowest BCUT2D eigenvalue weighted by atomic mass is 9.95. The van der Waals surface area contributed by atoms with Gasteiger partial charge in [0.2, 0.25) is 0 Å². The molecule has 0 aliphatic rings. The predicted molar refractivity (Wildman–Crippen MR) is 80.3 cm³/mol. The van der Waals surface area contributed by atoms with Gasteiger partial charge in [0, 0.05) is 5.75 Å². The maximum Gasteiger partial charge on any atom is 0.175 e. The van der Waals surface area contributed by atoms with Crippen LogP contribution in [0, 0.1) is 11.3 Å². The highest BCUT2D eigenvalue weighted by Gasteiger charge is 2.27. The Balaban J connectivity index is 2.09. The molecule has 0 saturated heterocycles.